The molecule has 0 aliphatic rings. The third-order valence-electron chi connectivity index (χ3n) is 3.44. The van der Waals surface area contributed by atoms with Crippen molar-refractivity contribution in [3.8, 4) is 23.1 Å². The maximum absolute atomic E-state index is 10.8. The normalized spacial score (nSPS) is 11.0. The Hall–Kier alpha value is -3.19. The lowest BCUT2D eigenvalue weighted by Gasteiger charge is -1.93. The lowest BCUT2D eigenvalue weighted by Crippen LogP contribution is -1.85. The number of benzene rings is 2. The summed E-state index contributed by atoms with van der Waals surface area (Å²) in [4.78, 5) is 10.4. The number of furan rings is 1. The summed E-state index contributed by atoms with van der Waals surface area (Å²) in [5.41, 5.74) is 1.22. The zero-order valence-corrected chi connectivity index (χ0v) is 12.7. The van der Waals surface area contributed by atoms with E-state index in [0.29, 0.717) is 27.6 Å². The van der Waals surface area contributed by atoms with E-state index in [0.717, 1.165) is 5.56 Å². The standard InChI is InChI=1S/C16H8ClN3O4/c17-11-3-1-9(2-4-11)15-18-19-16(24-15)14-8-10-7-12(20(21)22)5-6-13(10)23-14/h1-8H. The van der Waals surface area contributed by atoms with Gasteiger partial charge in [0.2, 0.25) is 5.89 Å². The fourth-order valence-electron chi connectivity index (χ4n) is 2.28. The quantitative estimate of drug-likeness (QED) is 0.395. The van der Waals surface area contributed by atoms with Crippen molar-refractivity contribution < 1.29 is 13.8 Å². The van der Waals surface area contributed by atoms with Crippen LogP contribution in [0.15, 0.2) is 57.4 Å². The summed E-state index contributed by atoms with van der Waals surface area (Å²) >= 11 is 5.85. The molecule has 0 atom stereocenters. The van der Waals surface area contributed by atoms with Crippen molar-refractivity contribution >= 4 is 28.3 Å². The lowest BCUT2D eigenvalue weighted by molar-refractivity contribution is -0.384. The molecule has 0 fully saturated rings. The van der Waals surface area contributed by atoms with Gasteiger partial charge in [0, 0.05) is 28.1 Å². The summed E-state index contributed by atoms with van der Waals surface area (Å²) in [6.45, 7) is 0. The molecule has 0 saturated carbocycles. The Balaban J connectivity index is 1.72. The Morgan fingerprint density at radius 2 is 1.71 bits per heavy atom. The van der Waals surface area contributed by atoms with Gasteiger partial charge in [-0.2, -0.15) is 0 Å². The van der Waals surface area contributed by atoms with Gasteiger partial charge < -0.3 is 8.83 Å². The van der Waals surface area contributed by atoms with E-state index < -0.39 is 4.92 Å². The molecule has 8 heteroatoms. The van der Waals surface area contributed by atoms with Gasteiger partial charge in [0.15, 0.2) is 5.76 Å². The fourth-order valence-corrected chi connectivity index (χ4v) is 2.41. The number of hydrogen-bond acceptors (Lipinski definition) is 6. The van der Waals surface area contributed by atoms with Crippen LogP contribution < -0.4 is 0 Å². The number of fused-ring (bicyclic) bond motifs is 1. The van der Waals surface area contributed by atoms with Crippen LogP contribution in [-0.4, -0.2) is 15.1 Å². The predicted octanol–water partition coefficient (Wildman–Crippen LogP) is 4.71. The average Bonchev–Trinajstić information content (AvgIpc) is 3.21. The van der Waals surface area contributed by atoms with Gasteiger partial charge in [0.1, 0.15) is 5.58 Å². The van der Waals surface area contributed by atoms with Crippen LogP contribution >= 0.6 is 11.6 Å². The highest BCUT2D eigenvalue weighted by Gasteiger charge is 2.16. The Kier molecular flexibility index (Phi) is 3.28. The predicted molar refractivity (Wildman–Crippen MR) is 86.6 cm³/mol. The van der Waals surface area contributed by atoms with Crippen LogP contribution in [0.5, 0.6) is 0 Å². The molecule has 0 unspecified atom stereocenters. The molecule has 2 aromatic carbocycles. The number of nitrogens with zero attached hydrogens (tertiary/aromatic N) is 3. The smallest absolute Gasteiger partial charge is 0.283 e. The number of rotatable bonds is 3. The molecule has 0 radical (unpaired) electrons. The second-order valence-electron chi connectivity index (χ2n) is 5.01. The fraction of sp³-hybridized carbons (Fsp3) is 0. The maximum Gasteiger partial charge on any atom is 0.283 e. The summed E-state index contributed by atoms with van der Waals surface area (Å²) in [5, 5.41) is 20.0. The third kappa shape index (κ3) is 2.50. The van der Waals surface area contributed by atoms with E-state index in [-0.39, 0.29) is 11.6 Å². The van der Waals surface area contributed by atoms with E-state index >= 15 is 0 Å². The van der Waals surface area contributed by atoms with Gasteiger partial charge in [-0.3, -0.25) is 10.1 Å². The van der Waals surface area contributed by atoms with Crippen molar-refractivity contribution in [3.05, 3.63) is 63.7 Å². The van der Waals surface area contributed by atoms with Crippen LogP contribution in [0, 0.1) is 10.1 Å². The monoisotopic (exact) mass is 341 g/mol. The second kappa shape index (κ2) is 5.47. The molecule has 4 rings (SSSR count). The minimum absolute atomic E-state index is 0.0118. The summed E-state index contributed by atoms with van der Waals surface area (Å²) in [6, 6.07) is 12.9. The van der Waals surface area contributed by atoms with Gasteiger partial charge in [0.05, 0.1) is 4.92 Å². The molecule has 0 aliphatic carbocycles. The van der Waals surface area contributed by atoms with Gasteiger partial charge >= 0.3 is 0 Å². The zero-order valence-electron chi connectivity index (χ0n) is 12.0. The van der Waals surface area contributed by atoms with Crippen molar-refractivity contribution in [2.45, 2.75) is 0 Å². The first-order valence-electron chi connectivity index (χ1n) is 6.88. The molecule has 0 bridgehead atoms. The van der Waals surface area contributed by atoms with Crippen molar-refractivity contribution in [2.75, 3.05) is 0 Å². The molecule has 2 heterocycles. The van der Waals surface area contributed by atoms with Gasteiger partial charge in [-0.1, -0.05) is 11.6 Å². The summed E-state index contributed by atoms with van der Waals surface area (Å²) in [5.74, 6) is 0.866. The van der Waals surface area contributed by atoms with Crippen molar-refractivity contribution in [1.82, 2.24) is 10.2 Å². The lowest BCUT2D eigenvalue weighted by atomic mass is 10.2. The Bertz CT molecular complexity index is 1050. The summed E-state index contributed by atoms with van der Waals surface area (Å²) in [7, 11) is 0. The molecule has 24 heavy (non-hydrogen) atoms. The highest BCUT2D eigenvalue weighted by atomic mass is 35.5. The zero-order chi connectivity index (χ0) is 16.7. The van der Waals surface area contributed by atoms with Crippen molar-refractivity contribution in [1.29, 1.82) is 0 Å². The van der Waals surface area contributed by atoms with Crippen LogP contribution in [0.25, 0.3) is 34.1 Å². The molecule has 0 N–H and O–H groups in total. The summed E-state index contributed by atoms with van der Waals surface area (Å²) in [6.07, 6.45) is 0. The molecule has 0 saturated heterocycles. The Labute approximate surface area is 139 Å². The number of halogens is 1. The van der Waals surface area contributed by atoms with Crippen LogP contribution in [-0.2, 0) is 0 Å². The largest absolute Gasteiger partial charge is 0.451 e. The molecule has 0 amide bonds. The van der Waals surface area contributed by atoms with Crippen molar-refractivity contribution in [3.63, 3.8) is 0 Å². The molecule has 0 spiro atoms. The van der Waals surface area contributed by atoms with E-state index in [1.54, 1.807) is 30.3 Å². The number of nitro groups is 1. The van der Waals surface area contributed by atoms with Gasteiger partial charge in [-0.05, 0) is 36.4 Å². The third-order valence-corrected chi connectivity index (χ3v) is 3.69. The van der Waals surface area contributed by atoms with Crippen molar-refractivity contribution in [2.24, 2.45) is 0 Å². The van der Waals surface area contributed by atoms with Crippen LogP contribution in [0.4, 0.5) is 5.69 Å². The first-order valence-corrected chi connectivity index (χ1v) is 7.26. The Morgan fingerprint density at radius 1 is 0.958 bits per heavy atom. The molecule has 4 aromatic rings. The molecular formula is C16H8ClN3O4. The van der Waals surface area contributed by atoms with Crippen LogP contribution in [0.2, 0.25) is 5.02 Å². The van der Waals surface area contributed by atoms with Gasteiger partial charge in [-0.25, -0.2) is 0 Å². The second-order valence-corrected chi connectivity index (χ2v) is 5.45. The molecule has 7 nitrogen and oxygen atoms in total. The minimum Gasteiger partial charge on any atom is -0.451 e. The SMILES string of the molecule is O=[N+]([O-])c1ccc2oc(-c3nnc(-c4ccc(Cl)cc4)o3)cc2c1. The van der Waals surface area contributed by atoms with E-state index in [1.807, 2.05) is 0 Å². The first kappa shape index (κ1) is 14.4. The average molecular weight is 342 g/mol. The minimum atomic E-state index is -0.461. The van der Waals surface area contributed by atoms with E-state index in [2.05, 4.69) is 10.2 Å². The number of hydrogen-bond donors (Lipinski definition) is 0. The van der Waals surface area contributed by atoms with E-state index in [4.69, 9.17) is 20.4 Å². The van der Waals surface area contributed by atoms with Gasteiger partial charge in [0.25, 0.3) is 11.6 Å². The van der Waals surface area contributed by atoms with Crippen LogP contribution in [0.3, 0.4) is 0 Å². The maximum atomic E-state index is 10.8. The Morgan fingerprint density at radius 3 is 2.46 bits per heavy atom. The summed E-state index contributed by atoms with van der Waals surface area (Å²) < 4.78 is 11.2. The van der Waals surface area contributed by atoms with Crippen LogP contribution in [0.1, 0.15) is 0 Å². The highest BCUT2D eigenvalue weighted by molar-refractivity contribution is 6.30. The molecule has 118 valence electrons. The number of nitro benzene ring substituents is 1. The molecule has 0 aliphatic heterocycles. The molecular weight excluding hydrogens is 334 g/mol. The highest BCUT2D eigenvalue weighted by Crippen LogP contribution is 2.31. The van der Waals surface area contributed by atoms with E-state index in [9.17, 15) is 10.1 Å². The van der Waals surface area contributed by atoms with Gasteiger partial charge in [-0.15, -0.1) is 10.2 Å². The first-order chi connectivity index (χ1) is 11.6. The molecule has 2 aromatic heterocycles. The topological polar surface area (TPSA) is 95.2 Å². The number of non-ortho nitro benzene ring substituents is 1. The number of aromatic nitrogens is 2. The van der Waals surface area contributed by atoms with E-state index in [1.165, 1.54) is 18.2 Å².